The minimum atomic E-state index is -0.842. The van der Waals surface area contributed by atoms with E-state index in [1.54, 1.807) is 12.1 Å². The third-order valence-electron chi connectivity index (χ3n) is 3.13. The van der Waals surface area contributed by atoms with Crippen LogP contribution in [0.3, 0.4) is 0 Å². The number of rotatable bonds is 1. The lowest BCUT2D eigenvalue weighted by molar-refractivity contribution is -0.138. The molecular weight excluding hydrogens is 261 g/mol. The molecule has 0 fully saturated rings. The van der Waals surface area contributed by atoms with Crippen LogP contribution in [0, 0.1) is 0 Å². The zero-order valence-corrected chi connectivity index (χ0v) is 10.9. The zero-order chi connectivity index (χ0) is 12.6. The van der Waals surface area contributed by atoms with Crippen LogP contribution in [-0.2, 0) is 4.79 Å². The highest BCUT2D eigenvalue weighted by atomic mass is 35.5. The average molecular weight is 274 g/mol. The van der Waals surface area contributed by atoms with Crippen molar-refractivity contribution < 1.29 is 9.90 Å². The average Bonchev–Trinajstić information content (AvgIpc) is 2.44. The van der Waals surface area contributed by atoms with Gasteiger partial charge in [-0.05, 0) is 25.0 Å². The Bertz CT molecular complexity index is 462. The Labute approximate surface area is 110 Å². The normalized spacial score (nSPS) is 19.7. The second-order valence-electron chi connectivity index (χ2n) is 4.25. The zero-order valence-electron chi connectivity index (χ0n) is 9.41. The Morgan fingerprint density at radius 1 is 1.41 bits per heavy atom. The summed E-state index contributed by atoms with van der Waals surface area (Å²) in [7, 11) is 1.91. The van der Waals surface area contributed by atoms with Crippen LogP contribution in [0.25, 0.3) is 0 Å². The first-order valence-electron chi connectivity index (χ1n) is 5.44. The van der Waals surface area contributed by atoms with E-state index in [1.165, 1.54) is 0 Å². The summed E-state index contributed by atoms with van der Waals surface area (Å²) in [5.41, 5.74) is 1.40. The van der Waals surface area contributed by atoms with Crippen LogP contribution in [0.15, 0.2) is 12.1 Å². The number of carboxylic acids is 1. The Morgan fingerprint density at radius 2 is 2.06 bits per heavy atom. The van der Waals surface area contributed by atoms with Crippen molar-refractivity contribution in [1.29, 1.82) is 0 Å². The first kappa shape index (κ1) is 12.5. The summed E-state index contributed by atoms with van der Waals surface area (Å²) >= 11 is 12.3. The first-order chi connectivity index (χ1) is 8.02. The van der Waals surface area contributed by atoms with Crippen molar-refractivity contribution in [2.75, 3.05) is 18.5 Å². The Hall–Kier alpha value is -0.930. The molecule has 17 heavy (non-hydrogen) atoms. The smallest absolute Gasteiger partial charge is 0.311 e. The molecule has 2 rings (SSSR count). The Kier molecular flexibility index (Phi) is 3.50. The monoisotopic (exact) mass is 273 g/mol. The summed E-state index contributed by atoms with van der Waals surface area (Å²) in [5, 5.41) is 10.3. The highest BCUT2D eigenvalue weighted by molar-refractivity contribution is 6.36. The van der Waals surface area contributed by atoms with Crippen LogP contribution in [0.4, 0.5) is 5.69 Å². The molecule has 0 saturated heterocycles. The fourth-order valence-electron chi connectivity index (χ4n) is 2.31. The predicted molar refractivity (Wildman–Crippen MR) is 69.3 cm³/mol. The second-order valence-corrected chi connectivity index (χ2v) is 5.06. The molecule has 1 N–H and O–H groups in total. The number of anilines is 1. The number of hydrogen-bond donors (Lipinski definition) is 1. The van der Waals surface area contributed by atoms with E-state index in [2.05, 4.69) is 0 Å². The number of nitrogens with zero attached hydrogens (tertiary/aromatic N) is 1. The fraction of sp³-hybridized carbons (Fsp3) is 0.417. The van der Waals surface area contributed by atoms with Crippen molar-refractivity contribution in [2.45, 2.75) is 18.8 Å². The van der Waals surface area contributed by atoms with E-state index in [0.717, 1.165) is 18.7 Å². The van der Waals surface area contributed by atoms with Gasteiger partial charge in [0.25, 0.3) is 0 Å². The van der Waals surface area contributed by atoms with Crippen molar-refractivity contribution in [3.63, 3.8) is 0 Å². The van der Waals surface area contributed by atoms with E-state index in [1.807, 2.05) is 11.9 Å². The van der Waals surface area contributed by atoms with Gasteiger partial charge in [-0.15, -0.1) is 0 Å². The molecule has 1 aromatic rings. The van der Waals surface area contributed by atoms with E-state index in [-0.39, 0.29) is 0 Å². The molecule has 0 aromatic heterocycles. The van der Waals surface area contributed by atoms with Crippen molar-refractivity contribution in [3.8, 4) is 0 Å². The Balaban J connectivity index is 2.66. The lowest BCUT2D eigenvalue weighted by Gasteiger charge is -2.22. The standard InChI is InChI=1S/C12H13Cl2NO2/c1-15-6-2-3-7(12(16)17)10-8(13)4-5-9(14)11(10)15/h4-5,7H,2-3,6H2,1H3,(H,16,17). The van der Waals surface area contributed by atoms with Crippen molar-refractivity contribution in [1.82, 2.24) is 0 Å². The van der Waals surface area contributed by atoms with Crippen LogP contribution < -0.4 is 4.90 Å². The van der Waals surface area contributed by atoms with Crippen molar-refractivity contribution in [2.24, 2.45) is 0 Å². The molecule has 0 saturated carbocycles. The molecule has 0 aliphatic carbocycles. The number of hydrogen-bond acceptors (Lipinski definition) is 2. The lowest BCUT2D eigenvalue weighted by atomic mass is 9.94. The van der Waals surface area contributed by atoms with Gasteiger partial charge in [-0.3, -0.25) is 4.79 Å². The largest absolute Gasteiger partial charge is 0.481 e. The molecule has 0 amide bonds. The summed E-state index contributed by atoms with van der Waals surface area (Å²) < 4.78 is 0. The van der Waals surface area contributed by atoms with E-state index >= 15 is 0 Å². The van der Waals surface area contributed by atoms with Gasteiger partial charge in [-0.2, -0.15) is 0 Å². The molecular formula is C12H13Cl2NO2. The summed E-state index contributed by atoms with van der Waals surface area (Å²) in [5.74, 6) is -1.41. The molecule has 5 heteroatoms. The first-order valence-corrected chi connectivity index (χ1v) is 6.19. The van der Waals surface area contributed by atoms with Crippen LogP contribution >= 0.6 is 23.2 Å². The fourth-order valence-corrected chi connectivity index (χ4v) is 2.91. The van der Waals surface area contributed by atoms with E-state index < -0.39 is 11.9 Å². The van der Waals surface area contributed by atoms with Gasteiger partial charge in [0.05, 0.1) is 16.6 Å². The van der Waals surface area contributed by atoms with Gasteiger partial charge in [0.1, 0.15) is 0 Å². The molecule has 1 unspecified atom stereocenters. The topological polar surface area (TPSA) is 40.5 Å². The van der Waals surface area contributed by atoms with Gasteiger partial charge in [0.15, 0.2) is 0 Å². The summed E-state index contributed by atoms with van der Waals surface area (Å²) in [4.78, 5) is 13.3. The van der Waals surface area contributed by atoms with Crippen LogP contribution in [0.2, 0.25) is 10.0 Å². The molecule has 0 spiro atoms. The summed E-state index contributed by atoms with van der Waals surface area (Å²) in [6.07, 6.45) is 1.40. The molecule has 92 valence electrons. The number of fused-ring (bicyclic) bond motifs is 1. The van der Waals surface area contributed by atoms with Gasteiger partial charge in [-0.1, -0.05) is 23.2 Å². The molecule has 1 aliphatic rings. The highest BCUT2D eigenvalue weighted by Crippen LogP contribution is 2.42. The molecule has 0 bridgehead atoms. The van der Waals surface area contributed by atoms with E-state index in [0.29, 0.717) is 22.0 Å². The van der Waals surface area contributed by atoms with Crippen molar-refractivity contribution >= 4 is 34.9 Å². The third-order valence-corrected chi connectivity index (χ3v) is 3.76. The van der Waals surface area contributed by atoms with Gasteiger partial charge >= 0.3 is 5.97 Å². The molecule has 1 atom stereocenters. The summed E-state index contributed by atoms with van der Waals surface area (Å²) in [6.45, 7) is 0.789. The van der Waals surface area contributed by atoms with Gasteiger partial charge in [-0.25, -0.2) is 0 Å². The van der Waals surface area contributed by atoms with Crippen molar-refractivity contribution in [3.05, 3.63) is 27.7 Å². The number of carbonyl (C=O) groups is 1. The van der Waals surface area contributed by atoms with Gasteiger partial charge in [0, 0.05) is 24.2 Å². The van der Waals surface area contributed by atoms with E-state index in [9.17, 15) is 9.90 Å². The van der Waals surface area contributed by atoms with Crippen LogP contribution in [0.5, 0.6) is 0 Å². The SMILES string of the molecule is CN1CCCC(C(=O)O)c2c(Cl)ccc(Cl)c21. The third kappa shape index (κ3) is 2.22. The number of benzene rings is 1. The Morgan fingerprint density at radius 3 is 2.71 bits per heavy atom. The highest BCUT2D eigenvalue weighted by Gasteiger charge is 2.30. The maximum Gasteiger partial charge on any atom is 0.311 e. The minimum absolute atomic E-state index is 0.477. The van der Waals surface area contributed by atoms with Gasteiger partial charge < -0.3 is 10.0 Å². The van der Waals surface area contributed by atoms with Crippen LogP contribution in [-0.4, -0.2) is 24.7 Å². The molecule has 1 heterocycles. The number of carboxylic acid groups (broad SMARTS) is 1. The van der Waals surface area contributed by atoms with Crippen LogP contribution in [0.1, 0.15) is 24.3 Å². The quantitative estimate of drug-likeness (QED) is 0.853. The van der Waals surface area contributed by atoms with Gasteiger partial charge in [0.2, 0.25) is 0 Å². The molecule has 3 nitrogen and oxygen atoms in total. The number of aliphatic carboxylic acids is 1. The molecule has 1 aliphatic heterocycles. The maximum atomic E-state index is 11.3. The minimum Gasteiger partial charge on any atom is -0.481 e. The summed E-state index contributed by atoms with van der Waals surface area (Å²) in [6, 6.07) is 3.38. The predicted octanol–water partition coefficient (Wildman–Crippen LogP) is 3.39. The second kappa shape index (κ2) is 4.75. The van der Waals surface area contributed by atoms with E-state index in [4.69, 9.17) is 23.2 Å². The maximum absolute atomic E-state index is 11.3. The molecule has 1 aromatic carbocycles. The lowest BCUT2D eigenvalue weighted by Crippen LogP contribution is -2.18. The molecule has 0 radical (unpaired) electrons. The number of halogens is 2.